The van der Waals surface area contributed by atoms with E-state index in [1.807, 2.05) is 37.3 Å². The molecule has 1 aliphatic heterocycles. The van der Waals surface area contributed by atoms with Gasteiger partial charge in [0.1, 0.15) is 5.57 Å². The number of para-hydroxylation sites is 1. The lowest BCUT2D eigenvalue weighted by Gasteiger charge is -2.28. The van der Waals surface area contributed by atoms with Gasteiger partial charge >= 0.3 is 0 Å². The predicted octanol–water partition coefficient (Wildman–Crippen LogP) is 3.67. The Kier molecular flexibility index (Phi) is 5.00. The summed E-state index contributed by atoms with van der Waals surface area (Å²) in [5.74, 6) is -1.05. The highest BCUT2D eigenvalue weighted by atomic mass is 35.5. The van der Waals surface area contributed by atoms with Gasteiger partial charge in [-0.1, -0.05) is 29.8 Å². The number of carbonyl (C=O) groups excluding carboxylic acids is 2. The lowest BCUT2D eigenvalue weighted by atomic mass is 10.1. The van der Waals surface area contributed by atoms with Crippen LogP contribution in [0, 0.1) is 6.92 Å². The largest absolute Gasteiger partial charge is 0.298 e. The summed E-state index contributed by atoms with van der Waals surface area (Å²) in [6.45, 7) is 1.87. The molecule has 1 aliphatic rings. The van der Waals surface area contributed by atoms with Crippen molar-refractivity contribution < 1.29 is 9.59 Å². The van der Waals surface area contributed by atoms with Crippen molar-refractivity contribution in [2.24, 2.45) is 0 Å². The molecule has 0 atom stereocenters. The Hall–Kier alpha value is -3.29. The number of benzene rings is 2. The van der Waals surface area contributed by atoms with Crippen LogP contribution in [0.5, 0.6) is 0 Å². The molecule has 2 heterocycles. The highest BCUT2D eigenvalue weighted by Gasteiger charge is 2.34. The Balaban J connectivity index is 1.72. The molecule has 0 radical (unpaired) electrons. The summed E-state index contributed by atoms with van der Waals surface area (Å²) in [6.07, 6.45) is 3.15. The standard InChI is InChI=1S/C21H15ClN4O2S/c1-13-14(12-23-26(13)17-5-3-2-4-6-17)11-18-19(27)24-21(29)25(20(18)28)16-9-7-15(22)8-10-16/h2-12H,1H3,(H,24,27,29). The van der Waals surface area contributed by atoms with Crippen LogP contribution in [0.3, 0.4) is 0 Å². The van der Waals surface area contributed by atoms with E-state index in [0.717, 1.165) is 11.4 Å². The molecule has 1 fully saturated rings. The van der Waals surface area contributed by atoms with Crippen LogP contribution in [0.25, 0.3) is 11.8 Å². The minimum absolute atomic E-state index is 0.0238. The average molecular weight is 423 g/mol. The number of amides is 2. The molecule has 1 saturated heterocycles. The first-order chi connectivity index (χ1) is 14.0. The maximum Gasteiger partial charge on any atom is 0.270 e. The fourth-order valence-corrected chi connectivity index (χ4v) is 3.44. The maximum atomic E-state index is 13.1. The molecule has 0 unspecified atom stereocenters. The normalized spacial score (nSPS) is 15.7. The van der Waals surface area contributed by atoms with Crippen LogP contribution >= 0.6 is 23.8 Å². The summed E-state index contributed by atoms with van der Waals surface area (Å²) in [6, 6.07) is 16.2. The molecule has 0 bridgehead atoms. The molecule has 1 aromatic heterocycles. The van der Waals surface area contributed by atoms with Crippen LogP contribution in [0.1, 0.15) is 11.3 Å². The van der Waals surface area contributed by atoms with Gasteiger partial charge in [-0.2, -0.15) is 5.10 Å². The number of aromatic nitrogens is 2. The smallest absolute Gasteiger partial charge is 0.270 e. The molecule has 3 aromatic rings. The number of anilines is 1. The molecule has 144 valence electrons. The van der Waals surface area contributed by atoms with Gasteiger partial charge in [-0.25, -0.2) is 4.68 Å². The van der Waals surface area contributed by atoms with Crippen molar-refractivity contribution in [2.45, 2.75) is 6.92 Å². The van der Waals surface area contributed by atoms with E-state index in [2.05, 4.69) is 10.4 Å². The summed E-state index contributed by atoms with van der Waals surface area (Å²) in [7, 11) is 0. The number of thiocarbonyl (C=S) groups is 1. The van der Waals surface area contributed by atoms with E-state index in [4.69, 9.17) is 23.8 Å². The predicted molar refractivity (Wildman–Crippen MR) is 116 cm³/mol. The van der Waals surface area contributed by atoms with E-state index in [1.165, 1.54) is 11.0 Å². The van der Waals surface area contributed by atoms with Crippen molar-refractivity contribution in [3.05, 3.63) is 82.6 Å². The lowest BCUT2D eigenvalue weighted by Crippen LogP contribution is -2.54. The minimum Gasteiger partial charge on any atom is -0.298 e. The third-order valence-corrected chi connectivity index (χ3v) is 5.07. The zero-order valence-corrected chi connectivity index (χ0v) is 16.9. The van der Waals surface area contributed by atoms with E-state index in [9.17, 15) is 9.59 Å². The van der Waals surface area contributed by atoms with Gasteiger partial charge in [0.05, 0.1) is 17.6 Å². The molecule has 0 aliphatic carbocycles. The monoisotopic (exact) mass is 422 g/mol. The molecule has 0 saturated carbocycles. The van der Waals surface area contributed by atoms with Crippen LogP contribution in [0.15, 0.2) is 66.4 Å². The van der Waals surface area contributed by atoms with E-state index in [-0.39, 0.29) is 10.7 Å². The number of carbonyl (C=O) groups is 2. The van der Waals surface area contributed by atoms with Crippen LogP contribution < -0.4 is 10.2 Å². The molecule has 6 nitrogen and oxygen atoms in total. The van der Waals surface area contributed by atoms with Crippen LogP contribution in [-0.2, 0) is 9.59 Å². The lowest BCUT2D eigenvalue weighted by molar-refractivity contribution is -0.122. The third-order valence-electron chi connectivity index (χ3n) is 4.53. The van der Waals surface area contributed by atoms with Crippen molar-refractivity contribution in [1.29, 1.82) is 0 Å². The van der Waals surface area contributed by atoms with Gasteiger partial charge in [-0.3, -0.25) is 19.8 Å². The summed E-state index contributed by atoms with van der Waals surface area (Å²) < 4.78 is 1.75. The van der Waals surface area contributed by atoms with Crippen LogP contribution in [-0.4, -0.2) is 26.7 Å². The molecule has 2 amide bonds. The Morgan fingerprint density at radius 1 is 1.03 bits per heavy atom. The zero-order valence-electron chi connectivity index (χ0n) is 15.3. The van der Waals surface area contributed by atoms with Crippen LogP contribution in [0.2, 0.25) is 5.02 Å². The summed E-state index contributed by atoms with van der Waals surface area (Å²) >= 11 is 11.1. The van der Waals surface area contributed by atoms with Gasteiger partial charge in [0.25, 0.3) is 11.8 Å². The number of nitrogens with one attached hydrogen (secondary N) is 1. The Labute approximate surface area is 177 Å². The number of hydrogen-bond acceptors (Lipinski definition) is 4. The molecule has 8 heteroatoms. The van der Waals surface area contributed by atoms with Gasteiger partial charge in [0.2, 0.25) is 0 Å². The van der Waals surface area contributed by atoms with Crippen molar-refractivity contribution >= 4 is 52.5 Å². The van der Waals surface area contributed by atoms with E-state index < -0.39 is 11.8 Å². The van der Waals surface area contributed by atoms with Crippen molar-refractivity contribution in [2.75, 3.05) is 4.90 Å². The SMILES string of the molecule is Cc1c(C=C2C(=O)NC(=S)N(c3ccc(Cl)cc3)C2=O)cnn1-c1ccccc1. The van der Waals surface area contributed by atoms with Gasteiger partial charge in [0, 0.05) is 16.3 Å². The fraction of sp³-hybridized carbons (Fsp3) is 0.0476. The van der Waals surface area contributed by atoms with Crippen molar-refractivity contribution in [3.8, 4) is 5.69 Å². The first-order valence-corrected chi connectivity index (χ1v) is 9.51. The van der Waals surface area contributed by atoms with Gasteiger partial charge in [0.15, 0.2) is 5.11 Å². The second-order valence-corrected chi connectivity index (χ2v) is 7.19. The Morgan fingerprint density at radius 3 is 2.41 bits per heavy atom. The first-order valence-electron chi connectivity index (χ1n) is 8.73. The second kappa shape index (κ2) is 7.62. The van der Waals surface area contributed by atoms with E-state index >= 15 is 0 Å². The summed E-state index contributed by atoms with van der Waals surface area (Å²) in [4.78, 5) is 26.8. The fourth-order valence-electron chi connectivity index (χ4n) is 3.03. The molecule has 4 rings (SSSR count). The molecule has 1 N–H and O–H groups in total. The minimum atomic E-state index is -0.544. The molecule has 29 heavy (non-hydrogen) atoms. The van der Waals surface area contributed by atoms with Gasteiger partial charge in [-0.15, -0.1) is 0 Å². The molecule has 0 spiro atoms. The first kappa shape index (κ1) is 19.0. The third kappa shape index (κ3) is 3.57. The molecular weight excluding hydrogens is 408 g/mol. The average Bonchev–Trinajstić information content (AvgIpc) is 3.07. The van der Waals surface area contributed by atoms with E-state index in [1.54, 1.807) is 35.1 Å². The Bertz CT molecular complexity index is 1150. The second-order valence-electron chi connectivity index (χ2n) is 6.37. The van der Waals surface area contributed by atoms with Gasteiger partial charge in [-0.05, 0) is 61.6 Å². The number of nitrogens with zero attached hydrogens (tertiary/aromatic N) is 3. The zero-order chi connectivity index (χ0) is 20.5. The van der Waals surface area contributed by atoms with Crippen molar-refractivity contribution in [1.82, 2.24) is 15.1 Å². The summed E-state index contributed by atoms with van der Waals surface area (Å²) in [5.41, 5.74) is 2.85. The number of rotatable bonds is 3. The quantitative estimate of drug-likeness (QED) is 0.397. The van der Waals surface area contributed by atoms with Crippen LogP contribution in [0.4, 0.5) is 5.69 Å². The van der Waals surface area contributed by atoms with Crippen molar-refractivity contribution in [3.63, 3.8) is 0 Å². The molecular formula is C21H15ClN4O2S. The topological polar surface area (TPSA) is 67.2 Å². The number of hydrogen-bond donors (Lipinski definition) is 1. The highest BCUT2D eigenvalue weighted by Crippen LogP contribution is 2.24. The van der Waals surface area contributed by atoms with E-state index in [0.29, 0.717) is 16.3 Å². The number of halogens is 1. The molecule has 2 aromatic carbocycles. The van der Waals surface area contributed by atoms with Gasteiger partial charge < -0.3 is 0 Å². The summed E-state index contributed by atoms with van der Waals surface area (Å²) in [5, 5.41) is 7.51. The highest BCUT2D eigenvalue weighted by molar-refractivity contribution is 7.80. The maximum absolute atomic E-state index is 13.1. The Morgan fingerprint density at radius 2 is 1.72 bits per heavy atom.